The normalized spacial score (nSPS) is 17.1. The van der Waals surface area contributed by atoms with Crippen molar-refractivity contribution in [1.29, 1.82) is 0 Å². The van der Waals surface area contributed by atoms with Crippen LogP contribution in [0.5, 0.6) is 0 Å². The lowest BCUT2D eigenvalue weighted by Crippen LogP contribution is -2.27. The lowest BCUT2D eigenvalue weighted by Gasteiger charge is -2.34. The van der Waals surface area contributed by atoms with Gasteiger partial charge in [0.2, 0.25) is 0 Å². The molecule has 148 valence electrons. The second-order valence-electron chi connectivity index (χ2n) is 8.97. The van der Waals surface area contributed by atoms with Crippen molar-refractivity contribution >= 4 is 16.9 Å². The Bertz CT molecular complexity index is 787. The molecule has 0 saturated carbocycles. The molecule has 1 unspecified atom stereocenters. The van der Waals surface area contributed by atoms with Crippen LogP contribution in [0, 0.1) is 11.3 Å². The van der Waals surface area contributed by atoms with Gasteiger partial charge < -0.3 is 16.0 Å². The molecule has 0 aromatic carbocycles. The van der Waals surface area contributed by atoms with Gasteiger partial charge in [-0.3, -0.25) is 9.78 Å². The molecule has 5 heteroatoms. The van der Waals surface area contributed by atoms with Gasteiger partial charge in [-0.15, -0.1) is 0 Å². The van der Waals surface area contributed by atoms with Gasteiger partial charge in [0, 0.05) is 12.2 Å². The number of H-pyrrole nitrogens is 1. The largest absolute Gasteiger partial charge is 0.351 e. The lowest BCUT2D eigenvalue weighted by molar-refractivity contribution is 0.0949. The third-order valence-corrected chi connectivity index (χ3v) is 5.85. The quantitative estimate of drug-likeness (QED) is 0.645. The number of aromatic amines is 1. The molecule has 4 N–H and O–H groups in total. The van der Waals surface area contributed by atoms with Crippen LogP contribution in [0.2, 0.25) is 0 Å². The van der Waals surface area contributed by atoms with Gasteiger partial charge in [0.1, 0.15) is 5.69 Å². The second kappa shape index (κ2) is 8.42. The molecule has 0 saturated heterocycles. The van der Waals surface area contributed by atoms with Crippen LogP contribution in [-0.2, 0) is 12.8 Å². The van der Waals surface area contributed by atoms with Gasteiger partial charge in [-0.1, -0.05) is 33.6 Å². The number of rotatable bonds is 7. The molecule has 1 aliphatic carbocycles. The van der Waals surface area contributed by atoms with Crippen molar-refractivity contribution in [2.24, 2.45) is 17.1 Å². The average molecular weight is 371 g/mol. The van der Waals surface area contributed by atoms with E-state index in [1.807, 2.05) is 6.07 Å². The van der Waals surface area contributed by atoms with Crippen molar-refractivity contribution < 1.29 is 4.79 Å². The van der Waals surface area contributed by atoms with E-state index < -0.39 is 0 Å². The first-order valence-corrected chi connectivity index (χ1v) is 10.4. The van der Waals surface area contributed by atoms with Gasteiger partial charge in [-0.05, 0) is 67.7 Å². The number of carbonyl (C=O) groups is 1. The Kier molecular flexibility index (Phi) is 6.20. The van der Waals surface area contributed by atoms with Crippen LogP contribution >= 0.6 is 0 Å². The smallest absolute Gasteiger partial charge is 0.267 e. The summed E-state index contributed by atoms with van der Waals surface area (Å²) in [7, 11) is 0. The number of hydrogen-bond acceptors (Lipinski definition) is 3. The number of aromatic nitrogens is 2. The molecule has 0 aliphatic heterocycles. The first-order chi connectivity index (χ1) is 12.9. The Morgan fingerprint density at radius 2 is 2.04 bits per heavy atom. The van der Waals surface area contributed by atoms with Crippen LogP contribution < -0.4 is 11.1 Å². The van der Waals surface area contributed by atoms with Crippen molar-refractivity contribution in [1.82, 2.24) is 15.3 Å². The molecule has 0 fully saturated rings. The van der Waals surface area contributed by atoms with Gasteiger partial charge in [0.25, 0.3) is 5.91 Å². The molecule has 1 amide bonds. The highest BCUT2D eigenvalue weighted by Gasteiger charge is 2.29. The van der Waals surface area contributed by atoms with Crippen molar-refractivity contribution in [3.63, 3.8) is 0 Å². The van der Waals surface area contributed by atoms with Crippen molar-refractivity contribution in [3.05, 3.63) is 29.1 Å². The summed E-state index contributed by atoms with van der Waals surface area (Å²) in [5, 5.41) is 3.00. The first-order valence-electron chi connectivity index (χ1n) is 10.4. The average Bonchev–Trinajstić information content (AvgIpc) is 3.04. The molecule has 0 bridgehead atoms. The van der Waals surface area contributed by atoms with E-state index in [-0.39, 0.29) is 5.91 Å². The highest BCUT2D eigenvalue weighted by Crippen LogP contribution is 2.37. The molecule has 3 rings (SSSR count). The van der Waals surface area contributed by atoms with Crippen molar-refractivity contribution in [2.75, 3.05) is 13.1 Å². The fourth-order valence-corrected chi connectivity index (χ4v) is 3.99. The Hall–Kier alpha value is -1.88. The highest BCUT2D eigenvalue weighted by molar-refractivity contribution is 5.97. The summed E-state index contributed by atoms with van der Waals surface area (Å²) < 4.78 is 0. The molecule has 0 radical (unpaired) electrons. The number of nitrogens with two attached hydrogens (primary N) is 1. The topological polar surface area (TPSA) is 83.8 Å². The molecule has 0 spiro atoms. The Labute approximate surface area is 162 Å². The van der Waals surface area contributed by atoms with Crippen molar-refractivity contribution in [2.45, 2.75) is 65.7 Å². The molecule has 2 heterocycles. The maximum Gasteiger partial charge on any atom is 0.267 e. The number of hydrogen-bond donors (Lipinski definition) is 3. The zero-order chi connectivity index (χ0) is 19.4. The van der Waals surface area contributed by atoms with Crippen LogP contribution in [0.3, 0.4) is 0 Å². The maximum absolute atomic E-state index is 12.4. The minimum atomic E-state index is -0.0441. The van der Waals surface area contributed by atoms with Crippen LogP contribution in [0.4, 0.5) is 0 Å². The van der Waals surface area contributed by atoms with Crippen LogP contribution in [0.25, 0.3) is 11.0 Å². The summed E-state index contributed by atoms with van der Waals surface area (Å²) >= 11 is 0. The van der Waals surface area contributed by atoms with Crippen LogP contribution in [-0.4, -0.2) is 29.0 Å². The zero-order valence-corrected chi connectivity index (χ0v) is 17.0. The van der Waals surface area contributed by atoms with E-state index in [0.717, 1.165) is 56.1 Å². The summed E-state index contributed by atoms with van der Waals surface area (Å²) in [6, 6.07) is 4.09. The number of nitrogens with one attached hydrogen (secondary N) is 2. The molecule has 2 aromatic heterocycles. The first kappa shape index (κ1) is 19.9. The standard InChI is InChI=1S/C22H34N4O/c1-22(2,3)16-8-9-17-15(12-16)13-18-19(25-17)14-20(26-18)21(27)24-11-7-5-4-6-10-23/h13-14,16,26H,4-12,23H2,1-3H3,(H,24,27). The van der Waals surface area contributed by atoms with Gasteiger partial charge in [0.15, 0.2) is 0 Å². The number of carbonyl (C=O) groups excluding carboxylic acids is 1. The second-order valence-corrected chi connectivity index (χ2v) is 8.97. The third-order valence-electron chi connectivity index (χ3n) is 5.85. The van der Waals surface area contributed by atoms with E-state index in [0.29, 0.717) is 23.6 Å². The number of amides is 1. The third kappa shape index (κ3) is 4.89. The Morgan fingerprint density at radius 3 is 2.78 bits per heavy atom. The number of nitrogens with zero attached hydrogens (tertiary/aromatic N) is 1. The monoisotopic (exact) mass is 370 g/mol. The van der Waals surface area contributed by atoms with Crippen molar-refractivity contribution in [3.8, 4) is 0 Å². The molecule has 27 heavy (non-hydrogen) atoms. The Balaban J connectivity index is 1.65. The SMILES string of the molecule is CC(C)(C)C1CCc2nc3cc(C(=O)NCCCCCCN)[nH]c3cc2C1. The molecule has 1 aliphatic rings. The molecule has 1 atom stereocenters. The summed E-state index contributed by atoms with van der Waals surface area (Å²) in [6.07, 6.45) is 7.58. The van der Waals surface area contributed by atoms with E-state index in [4.69, 9.17) is 10.7 Å². The molecular weight excluding hydrogens is 336 g/mol. The zero-order valence-electron chi connectivity index (χ0n) is 17.0. The predicted molar refractivity (Wildman–Crippen MR) is 111 cm³/mol. The van der Waals surface area contributed by atoms with E-state index in [1.54, 1.807) is 0 Å². The van der Waals surface area contributed by atoms with E-state index in [1.165, 1.54) is 17.7 Å². The minimum Gasteiger partial charge on any atom is -0.351 e. The van der Waals surface area contributed by atoms with Gasteiger partial charge >= 0.3 is 0 Å². The molecule has 5 nitrogen and oxygen atoms in total. The van der Waals surface area contributed by atoms with Gasteiger partial charge in [0.05, 0.1) is 11.0 Å². The van der Waals surface area contributed by atoms with E-state index in [2.05, 4.69) is 37.1 Å². The Morgan fingerprint density at radius 1 is 1.26 bits per heavy atom. The predicted octanol–water partition coefficient (Wildman–Crippen LogP) is 3.96. The maximum atomic E-state index is 12.4. The molecule has 2 aromatic rings. The van der Waals surface area contributed by atoms with Crippen LogP contribution in [0.1, 0.15) is 74.6 Å². The van der Waals surface area contributed by atoms with E-state index in [9.17, 15) is 4.79 Å². The van der Waals surface area contributed by atoms with Crippen LogP contribution in [0.15, 0.2) is 12.1 Å². The number of unbranched alkanes of at least 4 members (excludes halogenated alkanes) is 3. The van der Waals surface area contributed by atoms with Gasteiger partial charge in [-0.25, -0.2) is 0 Å². The summed E-state index contributed by atoms with van der Waals surface area (Å²) in [5.41, 5.74) is 10.8. The molecular formula is C22H34N4O. The summed E-state index contributed by atoms with van der Waals surface area (Å²) in [5.74, 6) is 0.638. The summed E-state index contributed by atoms with van der Waals surface area (Å²) in [6.45, 7) is 8.41. The fraction of sp³-hybridized carbons (Fsp3) is 0.636. The fourth-order valence-electron chi connectivity index (χ4n) is 3.99. The minimum absolute atomic E-state index is 0.0441. The number of pyridine rings is 1. The highest BCUT2D eigenvalue weighted by atomic mass is 16.1. The number of aryl methyl sites for hydroxylation is 1. The number of fused-ring (bicyclic) bond motifs is 2. The lowest BCUT2D eigenvalue weighted by atomic mass is 9.71. The van der Waals surface area contributed by atoms with E-state index >= 15 is 0 Å². The van der Waals surface area contributed by atoms with Gasteiger partial charge in [-0.2, -0.15) is 0 Å². The summed E-state index contributed by atoms with van der Waals surface area (Å²) in [4.78, 5) is 20.5.